The van der Waals surface area contributed by atoms with E-state index in [9.17, 15) is 4.79 Å². The number of hydrogen-bond donors (Lipinski definition) is 0. The lowest BCUT2D eigenvalue weighted by atomic mass is 10.1. The molecule has 0 radical (unpaired) electrons. The van der Waals surface area contributed by atoms with Gasteiger partial charge in [-0.2, -0.15) is 0 Å². The van der Waals surface area contributed by atoms with Gasteiger partial charge in [-0.15, -0.1) is 0 Å². The molecule has 0 spiro atoms. The predicted octanol–water partition coefficient (Wildman–Crippen LogP) is 3.40. The quantitative estimate of drug-likeness (QED) is 0.730. The van der Waals surface area contributed by atoms with E-state index in [1.54, 1.807) is 0 Å². The van der Waals surface area contributed by atoms with Gasteiger partial charge in [0, 0.05) is 18.4 Å². The Morgan fingerprint density at radius 2 is 1.88 bits per heavy atom. The lowest BCUT2D eigenvalue weighted by molar-refractivity contribution is 0.0981. The van der Waals surface area contributed by atoms with Gasteiger partial charge in [-0.3, -0.25) is 4.79 Å². The Morgan fingerprint density at radius 3 is 2.50 bits per heavy atom. The van der Waals surface area contributed by atoms with E-state index in [2.05, 4.69) is 0 Å². The summed E-state index contributed by atoms with van der Waals surface area (Å²) in [6.45, 7) is 1.91. The predicted molar refractivity (Wildman–Crippen MR) is 62.5 cm³/mol. The van der Waals surface area contributed by atoms with Gasteiger partial charge in [0.15, 0.2) is 5.78 Å². The largest absolute Gasteiger partial charge is 0.466 e. The monoisotopic (exact) mass is 214 g/mol. The first-order chi connectivity index (χ1) is 7.75. The Hall–Kier alpha value is -1.83. The van der Waals surface area contributed by atoms with Crippen molar-refractivity contribution in [2.45, 2.75) is 19.8 Å². The number of ketones is 1. The molecule has 0 unspecified atom stereocenters. The normalized spacial score (nSPS) is 10.3. The fourth-order valence-corrected chi connectivity index (χ4v) is 1.62. The minimum Gasteiger partial charge on any atom is -0.466 e. The summed E-state index contributed by atoms with van der Waals surface area (Å²) >= 11 is 0. The van der Waals surface area contributed by atoms with Crippen LogP contribution in [-0.4, -0.2) is 5.78 Å². The van der Waals surface area contributed by atoms with Gasteiger partial charge in [-0.25, -0.2) is 0 Å². The first kappa shape index (κ1) is 10.7. The lowest BCUT2D eigenvalue weighted by Crippen LogP contribution is -2.00. The van der Waals surface area contributed by atoms with Crippen LogP contribution in [0, 0.1) is 6.92 Å². The first-order valence-electron chi connectivity index (χ1n) is 5.39. The van der Waals surface area contributed by atoms with Crippen LogP contribution in [0.3, 0.4) is 0 Å². The molecule has 0 saturated heterocycles. The SMILES string of the molecule is Cc1ccc(CCC(=O)c2ccccc2)o1. The highest BCUT2D eigenvalue weighted by atomic mass is 16.3. The maximum Gasteiger partial charge on any atom is 0.163 e. The molecule has 0 atom stereocenters. The third-order valence-electron chi connectivity index (χ3n) is 2.49. The van der Waals surface area contributed by atoms with Gasteiger partial charge >= 0.3 is 0 Å². The molecule has 0 fully saturated rings. The van der Waals surface area contributed by atoms with Crippen molar-refractivity contribution in [2.24, 2.45) is 0 Å². The molecular formula is C14H14O2. The van der Waals surface area contributed by atoms with Crippen molar-refractivity contribution in [1.29, 1.82) is 0 Å². The van der Waals surface area contributed by atoms with Crippen molar-refractivity contribution in [3.8, 4) is 0 Å². The second-order valence-corrected chi connectivity index (χ2v) is 3.80. The highest BCUT2D eigenvalue weighted by Crippen LogP contribution is 2.11. The zero-order valence-electron chi connectivity index (χ0n) is 9.27. The second-order valence-electron chi connectivity index (χ2n) is 3.80. The number of carbonyl (C=O) groups is 1. The van der Waals surface area contributed by atoms with Crippen LogP contribution >= 0.6 is 0 Å². The second kappa shape index (κ2) is 4.79. The molecule has 0 aliphatic rings. The number of furan rings is 1. The maximum absolute atomic E-state index is 11.8. The van der Waals surface area contributed by atoms with Gasteiger partial charge < -0.3 is 4.42 Å². The van der Waals surface area contributed by atoms with Crippen LogP contribution in [0.25, 0.3) is 0 Å². The third kappa shape index (κ3) is 2.60. The third-order valence-corrected chi connectivity index (χ3v) is 2.49. The topological polar surface area (TPSA) is 30.2 Å². The summed E-state index contributed by atoms with van der Waals surface area (Å²) in [7, 11) is 0. The smallest absolute Gasteiger partial charge is 0.163 e. The van der Waals surface area contributed by atoms with Gasteiger partial charge in [0.25, 0.3) is 0 Å². The van der Waals surface area contributed by atoms with E-state index in [-0.39, 0.29) is 5.78 Å². The molecule has 1 aromatic heterocycles. The molecule has 0 aliphatic heterocycles. The van der Waals surface area contributed by atoms with Crippen LogP contribution in [0.2, 0.25) is 0 Å². The number of aryl methyl sites for hydroxylation is 2. The summed E-state index contributed by atoms with van der Waals surface area (Å²) in [5.74, 6) is 1.93. The molecule has 0 aliphatic carbocycles. The summed E-state index contributed by atoms with van der Waals surface area (Å²) in [5.41, 5.74) is 0.769. The highest BCUT2D eigenvalue weighted by molar-refractivity contribution is 5.96. The molecule has 16 heavy (non-hydrogen) atoms. The Morgan fingerprint density at radius 1 is 1.12 bits per heavy atom. The fraction of sp³-hybridized carbons (Fsp3) is 0.214. The van der Waals surface area contributed by atoms with Crippen molar-refractivity contribution in [3.63, 3.8) is 0 Å². The number of rotatable bonds is 4. The van der Waals surface area contributed by atoms with E-state index in [1.807, 2.05) is 49.4 Å². The van der Waals surface area contributed by atoms with Crippen LogP contribution in [0.1, 0.15) is 28.3 Å². The minimum absolute atomic E-state index is 0.162. The Balaban J connectivity index is 1.94. The van der Waals surface area contributed by atoms with E-state index in [1.165, 1.54) is 0 Å². The summed E-state index contributed by atoms with van der Waals surface area (Å²) < 4.78 is 5.42. The van der Waals surface area contributed by atoms with Gasteiger partial charge in [0.1, 0.15) is 11.5 Å². The molecule has 1 aromatic carbocycles. The first-order valence-corrected chi connectivity index (χ1v) is 5.39. The van der Waals surface area contributed by atoms with Crippen LogP contribution < -0.4 is 0 Å². The van der Waals surface area contributed by atoms with E-state index in [0.29, 0.717) is 12.8 Å². The number of benzene rings is 1. The number of hydrogen-bond acceptors (Lipinski definition) is 2. The van der Waals surface area contributed by atoms with Gasteiger partial charge in [-0.05, 0) is 19.1 Å². The molecule has 0 amide bonds. The summed E-state index contributed by atoms with van der Waals surface area (Å²) in [6, 6.07) is 13.2. The van der Waals surface area contributed by atoms with Gasteiger partial charge in [-0.1, -0.05) is 30.3 Å². The number of carbonyl (C=O) groups excluding carboxylic acids is 1. The van der Waals surface area contributed by atoms with E-state index in [4.69, 9.17) is 4.42 Å². The minimum atomic E-state index is 0.162. The Bertz CT molecular complexity index is 468. The van der Waals surface area contributed by atoms with Crippen LogP contribution in [0.15, 0.2) is 46.9 Å². The van der Waals surface area contributed by atoms with Crippen LogP contribution in [0.5, 0.6) is 0 Å². The average molecular weight is 214 g/mol. The molecule has 0 bridgehead atoms. The van der Waals surface area contributed by atoms with Crippen LogP contribution in [-0.2, 0) is 6.42 Å². The van der Waals surface area contributed by atoms with E-state index < -0.39 is 0 Å². The molecule has 0 saturated carbocycles. The molecule has 2 nitrogen and oxygen atoms in total. The molecule has 2 rings (SSSR count). The molecule has 2 aromatic rings. The molecule has 82 valence electrons. The zero-order chi connectivity index (χ0) is 11.4. The van der Waals surface area contributed by atoms with Crippen molar-refractivity contribution < 1.29 is 9.21 Å². The molecule has 2 heteroatoms. The zero-order valence-corrected chi connectivity index (χ0v) is 9.27. The van der Waals surface area contributed by atoms with E-state index in [0.717, 1.165) is 17.1 Å². The summed E-state index contributed by atoms with van der Waals surface area (Å²) in [4.78, 5) is 11.8. The Labute approximate surface area is 94.9 Å². The maximum atomic E-state index is 11.8. The van der Waals surface area contributed by atoms with Crippen molar-refractivity contribution in [1.82, 2.24) is 0 Å². The van der Waals surface area contributed by atoms with E-state index >= 15 is 0 Å². The average Bonchev–Trinajstić information content (AvgIpc) is 2.73. The fourth-order valence-electron chi connectivity index (χ4n) is 1.62. The number of Topliss-reactive ketones (excluding diaryl/α,β-unsaturated/α-hetero) is 1. The van der Waals surface area contributed by atoms with Crippen molar-refractivity contribution >= 4 is 5.78 Å². The molecular weight excluding hydrogens is 200 g/mol. The van der Waals surface area contributed by atoms with Crippen LogP contribution in [0.4, 0.5) is 0 Å². The van der Waals surface area contributed by atoms with Gasteiger partial charge in [0.2, 0.25) is 0 Å². The summed E-state index contributed by atoms with van der Waals surface area (Å²) in [6.07, 6.45) is 1.17. The van der Waals surface area contributed by atoms with Gasteiger partial charge in [0.05, 0.1) is 0 Å². The van der Waals surface area contributed by atoms with Crippen molar-refractivity contribution in [3.05, 3.63) is 59.5 Å². The van der Waals surface area contributed by atoms with Crippen molar-refractivity contribution in [2.75, 3.05) is 0 Å². The lowest BCUT2D eigenvalue weighted by Gasteiger charge is -1.98. The standard InChI is InChI=1S/C14H14O2/c1-11-7-8-13(16-11)9-10-14(15)12-5-3-2-4-6-12/h2-8H,9-10H2,1H3. The highest BCUT2D eigenvalue weighted by Gasteiger charge is 2.06. The Kier molecular flexibility index (Phi) is 3.20. The molecule has 0 N–H and O–H groups in total. The summed E-state index contributed by atoms with van der Waals surface area (Å²) in [5, 5.41) is 0. The molecule has 1 heterocycles.